The number of carbonyl (C=O) groups excluding carboxylic acids is 1. The highest BCUT2D eigenvalue weighted by Crippen LogP contribution is 2.42. The Morgan fingerprint density at radius 1 is 1.09 bits per heavy atom. The van der Waals surface area contributed by atoms with E-state index in [0.717, 1.165) is 35.1 Å². The first kappa shape index (κ1) is 31.8. The SMILES string of the molecule is Cc1cccc(C)c1-c1cc2nc(n1)NS(=O)(=O)c1cccc(c1)C(C1CCN(C(=O)OC(C)(C)C)C1)[C@H](CC(C)C)CO2. The number of hydrogen-bond donors (Lipinski definition) is 1. The van der Waals surface area contributed by atoms with Gasteiger partial charge in [-0.3, -0.25) is 0 Å². The molecule has 10 heteroatoms. The van der Waals surface area contributed by atoms with Gasteiger partial charge in [0.15, 0.2) is 0 Å². The number of anilines is 1. The zero-order chi connectivity index (χ0) is 31.8. The van der Waals surface area contributed by atoms with Crippen LogP contribution < -0.4 is 9.46 Å². The van der Waals surface area contributed by atoms with Crippen molar-refractivity contribution in [2.75, 3.05) is 24.4 Å². The van der Waals surface area contributed by atoms with Crippen LogP contribution in [0.3, 0.4) is 0 Å². The van der Waals surface area contributed by atoms with Crippen LogP contribution in [0.4, 0.5) is 10.7 Å². The molecule has 2 unspecified atom stereocenters. The molecule has 3 aromatic rings. The van der Waals surface area contributed by atoms with Crippen molar-refractivity contribution in [1.82, 2.24) is 14.9 Å². The largest absolute Gasteiger partial charge is 0.477 e. The minimum absolute atomic E-state index is 0.0333. The van der Waals surface area contributed by atoms with E-state index in [1.165, 1.54) is 0 Å². The van der Waals surface area contributed by atoms with Crippen LogP contribution in [-0.4, -0.2) is 54.7 Å². The third-order valence-corrected chi connectivity index (χ3v) is 9.66. The molecular weight excluding hydrogens is 576 g/mol. The first-order valence-electron chi connectivity index (χ1n) is 15.4. The summed E-state index contributed by atoms with van der Waals surface area (Å²) in [5, 5.41) is 0. The minimum atomic E-state index is -4.01. The number of nitrogens with zero attached hydrogens (tertiary/aromatic N) is 3. The second kappa shape index (κ2) is 12.4. The van der Waals surface area contributed by atoms with E-state index in [0.29, 0.717) is 37.2 Å². The Morgan fingerprint density at radius 2 is 1.80 bits per heavy atom. The fraction of sp³-hybridized carbons (Fsp3) is 0.500. The highest BCUT2D eigenvalue weighted by atomic mass is 32.2. The minimum Gasteiger partial charge on any atom is -0.477 e. The molecule has 1 fully saturated rings. The number of aromatic nitrogens is 2. The predicted molar refractivity (Wildman–Crippen MR) is 171 cm³/mol. The Hall–Kier alpha value is -3.66. The normalized spacial score (nSPS) is 21.5. The number of nitrogens with one attached hydrogen (secondary N) is 1. The van der Waals surface area contributed by atoms with E-state index in [-0.39, 0.29) is 34.7 Å². The number of sulfonamides is 1. The average Bonchev–Trinajstić information content (AvgIpc) is 3.40. The molecule has 2 aliphatic heterocycles. The Morgan fingerprint density at radius 3 is 2.48 bits per heavy atom. The standard InChI is InChI=1S/C34H44N4O5S/c1-21(2)16-26-20-42-29-18-28(30-22(3)10-8-11-23(30)4)35-32(36-29)37-44(40,41)27-13-9-12-24(17-27)31(26)25-14-15-38(19-25)33(39)43-34(5,6)7/h8-13,17-18,21,25-26,31H,14-16,19-20H2,1-7H3,(H,35,36,37)/t25?,26-,31?/m1/s1. The van der Waals surface area contributed by atoms with Crippen molar-refractivity contribution in [2.45, 2.75) is 77.7 Å². The second-order valence-corrected chi connectivity index (χ2v) is 15.2. The number of likely N-dealkylation sites (tertiary alicyclic amines) is 1. The summed E-state index contributed by atoms with van der Waals surface area (Å²) in [7, 11) is -4.01. The molecule has 2 aliphatic rings. The summed E-state index contributed by atoms with van der Waals surface area (Å²) in [6, 6.07) is 14.9. The van der Waals surface area contributed by atoms with Crippen LogP contribution in [0, 0.1) is 31.6 Å². The quantitative estimate of drug-likeness (QED) is 0.336. The van der Waals surface area contributed by atoms with Gasteiger partial charge < -0.3 is 14.4 Å². The van der Waals surface area contributed by atoms with Crippen LogP contribution in [0.15, 0.2) is 53.4 Å². The Balaban J connectivity index is 1.58. The first-order valence-corrected chi connectivity index (χ1v) is 16.9. The van der Waals surface area contributed by atoms with Crippen LogP contribution >= 0.6 is 0 Å². The molecule has 4 bridgehead atoms. The van der Waals surface area contributed by atoms with Gasteiger partial charge in [0.1, 0.15) is 5.60 Å². The maximum Gasteiger partial charge on any atom is 0.410 e. The Bertz CT molecular complexity index is 1610. The van der Waals surface area contributed by atoms with Gasteiger partial charge in [0, 0.05) is 30.6 Å². The van der Waals surface area contributed by atoms with Gasteiger partial charge in [-0.15, -0.1) is 0 Å². The number of fused-ring (bicyclic) bond motifs is 4. The summed E-state index contributed by atoms with van der Waals surface area (Å²) in [5.74, 6) is 0.711. The molecule has 9 nitrogen and oxygen atoms in total. The number of benzene rings is 2. The van der Waals surface area contributed by atoms with Crippen molar-refractivity contribution in [3.8, 4) is 17.1 Å². The Kier molecular flexibility index (Phi) is 8.94. The lowest BCUT2D eigenvalue weighted by atomic mass is 9.73. The summed E-state index contributed by atoms with van der Waals surface area (Å²) >= 11 is 0. The van der Waals surface area contributed by atoms with Crippen molar-refractivity contribution in [3.05, 3.63) is 65.2 Å². The topological polar surface area (TPSA) is 111 Å². The van der Waals surface area contributed by atoms with Gasteiger partial charge in [-0.25, -0.2) is 22.9 Å². The fourth-order valence-corrected chi connectivity index (χ4v) is 7.58. The number of hydrogen-bond acceptors (Lipinski definition) is 7. The molecule has 1 aromatic heterocycles. The van der Waals surface area contributed by atoms with E-state index in [9.17, 15) is 13.2 Å². The van der Waals surface area contributed by atoms with Crippen molar-refractivity contribution in [1.29, 1.82) is 0 Å². The zero-order valence-electron chi connectivity index (χ0n) is 26.8. The van der Waals surface area contributed by atoms with Gasteiger partial charge in [0.2, 0.25) is 11.8 Å². The summed E-state index contributed by atoms with van der Waals surface area (Å²) in [6.07, 6.45) is 1.31. The van der Waals surface area contributed by atoms with Crippen LogP contribution in [0.2, 0.25) is 0 Å². The molecular formula is C34H44N4O5S. The zero-order valence-corrected chi connectivity index (χ0v) is 27.6. The molecule has 0 radical (unpaired) electrons. The Labute approximate surface area is 261 Å². The van der Waals surface area contributed by atoms with Gasteiger partial charge in [0.05, 0.1) is 17.2 Å². The lowest BCUT2D eigenvalue weighted by Gasteiger charge is -2.34. The van der Waals surface area contributed by atoms with Crippen LogP contribution in [0.25, 0.3) is 11.3 Å². The smallest absolute Gasteiger partial charge is 0.410 e. The first-order chi connectivity index (χ1) is 20.7. The molecule has 2 aromatic carbocycles. The molecule has 0 spiro atoms. The fourth-order valence-electron chi connectivity index (χ4n) is 6.58. The van der Waals surface area contributed by atoms with E-state index in [2.05, 4.69) is 28.5 Å². The van der Waals surface area contributed by atoms with E-state index in [1.54, 1.807) is 29.2 Å². The monoisotopic (exact) mass is 620 g/mol. The number of carbonyl (C=O) groups is 1. The molecule has 1 saturated heterocycles. The van der Waals surface area contributed by atoms with E-state index >= 15 is 0 Å². The second-order valence-electron chi connectivity index (χ2n) is 13.6. The summed E-state index contributed by atoms with van der Waals surface area (Å²) in [4.78, 5) is 24.0. The predicted octanol–water partition coefficient (Wildman–Crippen LogP) is 6.96. The third kappa shape index (κ3) is 7.17. The lowest BCUT2D eigenvalue weighted by molar-refractivity contribution is 0.0282. The van der Waals surface area contributed by atoms with Crippen molar-refractivity contribution >= 4 is 22.1 Å². The van der Waals surface area contributed by atoms with Crippen LogP contribution in [0.1, 0.15) is 70.1 Å². The molecule has 3 heterocycles. The molecule has 0 aliphatic carbocycles. The number of aryl methyl sites for hydroxylation is 2. The summed E-state index contributed by atoms with van der Waals surface area (Å²) in [5.41, 5.74) is 3.88. The summed E-state index contributed by atoms with van der Waals surface area (Å²) in [6.45, 7) is 15.5. The molecule has 1 amide bonds. The number of rotatable bonds is 4. The highest BCUT2D eigenvalue weighted by Gasteiger charge is 2.39. The van der Waals surface area contributed by atoms with Gasteiger partial charge >= 0.3 is 6.09 Å². The molecule has 1 N–H and O–H groups in total. The van der Waals surface area contributed by atoms with Crippen molar-refractivity contribution in [3.63, 3.8) is 0 Å². The van der Waals surface area contributed by atoms with Gasteiger partial charge in [-0.1, -0.05) is 44.2 Å². The molecule has 3 atom stereocenters. The summed E-state index contributed by atoms with van der Waals surface area (Å²) < 4.78 is 42.2. The number of ether oxygens (including phenoxy) is 2. The number of amides is 1. The van der Waals surface area contributed by atoms with Crippen LogP contribution in [-0.2, 0) is 14.8 Å². The molecule has 5 rings (SSSR count). The average molecular weight is 621 g/mol. The van der Waals surface area contributed by atoms with E-state index in [4.69, 9.17) is 9.47 Å². The van der Waals surface area contributed by atoms with E-state index < -0.39 is 15.6 Å². The van der Waals surface area contributed by atoms with Gasteiger partial charge in [-0.05, 0) is 94.0 Å². The van der Waals surface area contributed by atoms with Gasteiger partial charge in [0.25, 0.3) is 10.0 Å². The molecule has 236 valence electrons. The van der Waals surface area contributed by atoms with Crippen molar-refractivity contribution in [2.24, 2.45) is 17.8 Å². The molecule has 44 heavy (non-hydrogen) atoms. The van der Waals surface area contributed by atoms with Crippen LogP contribution in [0.5, 0.6) is 5.88 Å². The maximum atomic E-state index is 13.7. The molecule has 0 saturated carbocycles. The van der Waals surface area contributed by atoms with E-state index in [1.807, 2.05) is 58.9 Å². The lowest BCUT2D eigenvalue weighted by Crippen LogP contribution is -2.36. The third-order valence-electron chi connectivity index (χ3n) is 8.33. The maximum absolute atomic E-state index is 13.7. The van der Waals surface area contributed by atoms with Gasteiger partial charge in [-0.2, -0.15) is 4.98 Å². The van der Waals surface area contributed by atoms with Crippen molar-refractivity contribution < 1.29 is 22.7 Å². The highest BCUT2D eigenvalue weighted by molar-refractivity contribution is 7.92.